The Morgan fingerprint density at radius 2 is 2.04 bits per heavy atom. The zero-order valence-electron chi connectivity index (χ0n) is 26.7. The van der Waals surface area contributed by atoms with Crippen molar-refractivity contribution in [3.8, 4) is 23.5 Å². The summed E-state index contributed by atoms with van der Waals surface area (Å²) in [5.74, 6) is 2.17. The van der Waals surface area contributed by atoms with Crippen LogP contribution in [0.1, 0.15) is 75.1 Å². The van der Waals surface area contributed by atoms with Gasteiger partial charge in [0, 0.05) is 48.2 Å². The molecular formula is C33H42N8O3S. The second kappa shape index (κ2) is 12.1. The Morgan fingerprint density at radius 1 is 1.29 bits per heavy atom. The van der Waals surface area contributed by atoms with Gasteiger partial charge >= 0.3 is 0 Å². The van der Waals surface area contributed by atoms with Gasteiger partial charge in [-0.25, -0.2) is 4.98 Å². The summed E-state index contributed by atoms with van der Waals surface area (Å²) in [6.07, 6.45) is 6.18. The maximum Gasteiger partial charge on any atom is 0.246 e. The number of hydrogen-bond donors (Lipinski definition) is 1. The van der Waals surface area contributed by atoms with Crippen molar-refractivity contribution in [3.63, 3.8) is 0 Å². The number of likely N-dealkylation sites (N-methyl/N-ethyl adjacent to an activating group) is 1. The van der Waals surface area contributed by atoms with Crippen molar-refractivity contribution in [2.45, 2.75) is 89.4 Å². The fourth-order valence-electron chi connectivity index (χ4n) is 7.58. The minimum absolute atomic E-state index is 0.0421. The maximum absolute atomic E-state index is 12.6. The largest absolute Gasteiger partial charge is 0.473 e. The third kappa shape index (κ3) is 5.57. The molecule has 2 fully saturated rings. The highest BCUT2D eigenvalue weighted by Gasteiger charge is 2.42. The molecule has 5 atom stereocenters. The van der Waals surface area contributed by atoms with Gasteiger partial charge in [0.1, 0.15) is 28.8 Å². The molecule has 2 saturated heterocycles. The molecular weight excluding hydrogens is 588 g/mol. The third-order valence-corrected chi connectivity index (χ3v) is 10.9. The number of amides is 1. The summed E-state index contributed by atoms with van der Waals surface area (Å²) in [6.45, 7) is 14.2. The predicted octanol–water partition coefficient (Wildman–Crippen LogP) is 4.76. The second-order valence-electron chi connectivity index (χ2n) is 13.0. The number of nitriles is 1. The molecule has 1 aliphatic carbocycles. The molecule has 3 aromatic heterocycles. The Labute approximate surface area is 268 Å². The van der Waals surface area contributed by atoms with Crippen LogP contribution >= 0.6 is 11.3 Å². The van der Waals surface area contributed by atoms with Crippen molar-refractivity contribution >= 4 is 28.1 Å². The number of nitrogen functional groups attached to an aromatic ring is 1. The lowest BCUT2D eigenvalue weighted by Crippen LogP contribution is -2.58. The van der Waals surface area contributed by atoms with Crippen LogP contribution in [0.5, 0.6) is 5.88 Å². The molecule has 0 spiro atoms. The average Bonchev–Trinajstić information content (AvgIpc) is 3.75. The summed E-state index contributed by atoms with van der Waals surface area (Å²) in [6, 6.07) is 6.33. The van der Waals surface area contributed by atoms with Crippen molar-refractivity contribution < 1.29 is 14.1 Å². The van der Waals surface area contributed by atoms with Gasteiger partial charge in [-0.15, -0.1) is 11.3 Å². The van der Waals surface area contributed by atoms with Crippen LogP contribution in [-0.4, -0.2) is 81.7 Å². The number of ether oxygens (including phenoxy) is 1. The number of nitrogens with two attached hydrogens (primary N) is 1. The average molecular weight is 631 g/mol. The SMILES string of the molecule is C=CC(=O)N1[C@H](C)CN(c2cc(O[C@@H](C)[C@@H]3CCCN3C)nc(-c3cc([C@@]4(C)CCCc5sc(N)c(C#N)c54)on3)n2)C[C@@H]1C. The number of aromatic nitrogens is 3. The maximum atomic E-state index is 12.6. The quantitative estimate of drug-likeness (QED) is 0.364. The lowest BCUT2D eigenvalue weighted by molar-refractivity contribution is -0.130. The summed E-state index contributed by atoms with van der Waals surface area (Å²) in [5, 5.41) is 14.9. The number of nitrogens with zero attached hydrogens (tertiary/aromatic N) is 7. The molecule has 238 valence electrons. The molecule has 1 amide bonds. The molecule has 5 heterocycles. The molecule has 2 aliphatic heterocycles. The number of hydrogen-bond acceptors (Lipinski definition) is 11. The van der Waals surface area contributed by atoms with E-state index in [2.05, 4.69) is 48.5 Å². The van der Waals surface area contributed by atoms with Crippen molar-refractivity contribution in [3.05, 3.63) is 46.6 Å². The number of carbonyl (C=O) groups is 1. The molecule has 0 aromatic carbocycles. The van der Waals surface area contributed by atoms with Gasteiger partial charge in [0.15, 0.2) is 11.5 Å². The van der Waals surface area contributed by atoms with Crippen LogP contribution < -0.4 is 15.4 Å². The third-order valence-electron chi connectivity index (χ3n) is 9.82. The molecule has 0 bridgehead atoms. The zero-order chi connectivity index (χ0) is 32.0. The molecule has 6 rings (SSSR count). The van der Waals surface area contributed by atoms with Crippen LogP contribution in [0.4, 0.5) is 10.8 Å². The molecule has 12 heteroatoms. The standard InChI is InChI=1S/C33H42N8O3S/c1-7-29(42)41-19(2)17-40(18-20(41)3)27-15-28(43-21(4)24-10-9-13-39(24)6)37-32(36-27)23-14-26(44-38-23)33(5)12-8-11-25-30(33)22(16-34)31(35)45-25/h7,14-15,19-21,24H,1,8-13,17-18,35H2,2-6H3/t19-,20+,21-,24-,33+/m0/s1. The predicted molar refractivity (Wildman–Crippen MR) is 174 cm³/mol. The Hall–Kier alpha value is -3.95. The highest BCUT2D eigenvalue weighted by Crippen LogP contribution is 2.49. The number of carbonyl (C=O) groups excluding carboxylic acids is 1. The lowest BCUT2D eigenvalue weighted by atomic mass is 9.71. The summed E-state index contributed by atoms with van der Waals surface area (Å²) in [7, 11) is 2.13. The summed E-state index contributed by atoms with van der Waals surface area (Å²) in [4.78, 5) is 29.9. The molecule has 3 aromatic rings. The lowest BCUT2D eigenvalue weighted by Gasteiger charge is -2.44. The number of piperazine rings is 1. The van der Waals surface area contributed by atoms with E-state index in [-0.39, 0.29) is 24.1 Å². The first kappa shape index (κ1) is 31.0. The normalized spacial score (nSPS) is 25.9. The summed E-state index contributed by atoms with van der Waals surface area (Å²) in [5.41, 5.74) is 7.69. The van der Waals surface area contributed by atoms with E-state index in [9.17, 15) is 10.1 Å². The van der Waals surface area contributed by atoms with Crippen LogP contribution in [-0.2, 0) is 16.6 Å². The van der Waals surface area contributed by atoms with E-state index in [0.717, 1.165) is 49.1 Å². The number of fused-ring (bicyclic) bond motifs is 1. The minimum Gasteiger partial charge on any atom is -0.473 e. The van der Waals surface area contributed by atoms with Gasteiger partial charge in [0.2, 0.25) is 11.8 Å². The van der Waals surface area contributed by atoms with Crippen LogP contribution in [0.25, 0.3) is 11.5 Å². The Bertz CT molecular complexity index is 1630. The summed E-state index contributed by atoms with van der Waals surface area (Å²) < 4.78 is 12.5. The number of aryl methyl sites for hydroxylation is 1. The van der Waals surface area contributed by atoms with Crippen molar-refractivity contribution in [2.75, 3.05) is 37.3 Å². The minimum atomic E-state index is -0.546. The topological polar surface area (TPSA) is 138 Å². The Morgan fingerprint density at radius 3 is 2.71 bits per heavy atom. The number of anilines is 2. The van der Waals surface area contributed by atoms with Gasteiger partial charge in [-0.3, -0.25) is 9.69 Å². The zero-order valence-corrected chi connectivity index (χ0v) is 27.6. The van der Waals surface area contributed by atoms with Crippen molar-refractivity contribution in [1.82, 2.24) is 24.9 Å². The monoisotopic (exact) mass is 630 g/mol. The van der Waals surface area contributed by atoms with Gasteiger partial charge in [-0.2, -0.15) is 10.2 Å². The number of thiophene rings is 1. The fraction of sp³-hybridized carbons (Fsp3) is 0.545. The van der Waals surface area contributed by atoms with Gasteiger partial charge in [-0.05, 0) is 85.0 Å². The van der Waals surface area contributed by atoms with E-state index in [1.807, 2.05) is 30.9 Å². The van der Waals surface area contributed by atoms with E-state index in [0.29, 0.717) is 58.7 Å². The molecule has 3 aliphatic rings. The molecule has 11 nitrogen and oxygen atoms in total. The van der Waals surface area contributed by atoms with Gasteiger partial charge in [0.05, 0.1) is 11.0 Å². The highest BCUT2D eigenvalue weighted by molar-refractivity contribution is 7.16. The van der Waals surface area contributed by atoms with Crippen molar-refractivity contribution in [2.24, 2.45) is 0 Å². The van der Waals surface area contributed by atoms with E-state index in [1.165, 1.54) is 17.4 Å². The van der Waals surface area contributed by atoms with Crippen LogP contribution in [0, 0.1) is 11.3 Å². The molecule has 45 heavy (non-hydrogen) atoms. The first-order valence-corrected chi connectivity index (χ1v) is 16.6. The number of rotatable bonds is 7. The van der Waals surface area contributed by atoms with Crippen molar-refractivity contribution in [1.29, 1.82) is 5.26 Å². The summed E-state index contributed by atoms with van der Waals surface area (Å²) >= 11 is 1.49. The smallest absolute Gasteiger partial charge is 0.246 e. The van der Waals surface area contributed by atoms with Crippen LogP contribution in [0.2, 0.25) is 0 Å². The first-order chi connectivity index (χ1) is 21.5. The van der Waals surface area contributed by atoms with E-state index in [4.69, 9.17) is 25.0 Å². The van der Waals surface area contributed by atoms with E-state index >= 15 is 0 Å². The van der Waals surface area contributed by atoms with Gasteiger partial charge < -0.3 is 24.8 Å². The first-order valence-electron chi connectivity index (χ1n) is 15.8. The van der Waals surface area contributed by atoms with Gasteiger partial charge in [-0.1, -0.05) is 11.7 Å². The molecule has 0 unspecified atom stereocenters. The molecule has 0 radical (unpaired) electrons. The van der Waals surface area contributed by atoms with E-state index in [1.54, 1.807) is 0 Å². The van der Waals surface area contributed by atoms with Crippen LogP contribution in [0.3, 0.4) is 0 Å². The Kier molecular flexibility index (Phi) is 8.35. The van der Waals surface area contributed by atoms with E-state index < -0.39 is 5.41 Å². The Balaban J connectivity index is 1.37. The molecule has 2 N–H and O–H groups in total. The fourth-order valence-corrected chi connectivity index (χ4v) is 8.77. The van der Waals surface area contributed by atoms with Crippen LogP contribution in [0.15, 0.2) is 29.3 Å². The highest BCUT2D eigenvalue weighted by atomic mass is 32.1. The second-order valence-corrected chi connectivity index (χ2v) is 14.1. The number of likely N-dealkylation sites (tertiary alicyclic amines) is 1. The molecule has 0 saturated carbocycles. The van der Waals surface area contributed by atoms with Gasteiger partial charge in [0.25, 0.3) is 0 Å².